The molecule has 0 saturated carbocycles. The molecule has 0 bridgehead atoms. The lowest BCUT2D eigenvalue weighted by atomic mass is 9.94. The molecule has 0 aliphatic carbocycles. The summed E-state index contributed by atoms with van der Waals surface area (Å²) < 4.78 is 0. The maximum atomic E-state index is 6.20. The van der Waals surface area contributed by atoms with Gasteiger partial charge in [-0.05, 0) is 37.8 Å². The Labute approximate surface area is 134 Å². The Morgan fingerprint density at radius 3 is 2.38 bits per heavy atom. The van der Waals surface area contributed by atoms with Crippen LogP contribution in [0.3, 0.4) is 0 Å². The van der Waals surface area contributed by atoms with Gasteiger partial charge in [-0.2, -0.15) is 11.8 Å². The predicted molar refractivity (Wildman–Crippen MR) is 94.0 cm³/mol. The molecule has 2 rings (SSSR count). The van der Waals surface area contributed by atoms with Crippen molar-refractivity contribution in [1.82, 2.24) is 9.80 Å². The average Bonchev–Trinajstić information content (AvgIpc) is 2.49. The van der Waals surface area contributed by atoms with E-state index in [1.807, 2.05) is 11.8 Å². The molecule has 2 fully saturated rings. The number of nitrogens with two attached hydrogens (primary N) is 1. The average molecular weight is 313 g/mol. The summed E-state index contributed by atoms with van der Waals surface area (Å²) in [6.45, 7) is 12.4. The van der Waals surface area contributed by atoms with Gasteiger partial charge in [0.1, 0.15) is 0 Å². The highest BCUT2D eigenvalue weighted by Gasteiger charge is 2.25. The van der Waals surface area contributed by atoms with E-state index in [4.69, 9.17) is 10.7 Å². The zero-order valence-electron chi connectivity index (χ0n) is 13.9. The highest BCUT2D eigenvalue weighted by atomic mass is 32.2. The van der Waals surface area contributed by atoms with Crippen LogP contribution in [-0.2, 0) is 0 Å². The van der Waals surface area contributed by atoms with E-state index in [2.05, 4.69) is 30.6 Å². The number of guanidine groups is 1. The minimum absolute atomic E-state index is 0.537. The fourth-order valence-electron chi connectivity index (χ4n) is 3.19. The lowest BCUT2D eigenvalue weighted by Gasteiger charge is -2.38. The summed E-state index contributed by atoms with van der Waals surface area (Å²) in [6, 6.07) is 0.537. The second-order valence-corrected chi connectivity index (χ2v) is 8.05. The smallest absolute Gasteiger partial charge is 0.191 e. The van der Waals surface area contributed by atoms with E-state index in [-0.39, 0.29) is 0 Å². The summed E-state index contributed by atoms with van der Waals surface area (Å²) in [5.41, 5.74) is 6.20. The molecule has 1 atom stereocenters. The third-order valence-corrected chi connectivity index (χ3v) is 5.77. The third-order valence-electron chi connectivity index (χ3n) is 4.83. The summed E-state index contributed by atoms with van der Waals surface area (Å²) in [6.07, 6.45) is 2.65. The van der Waals surface area contributed by atoms with Gasteiger partial charge in [0.15, 0.2) is 5.96 Å². The monoisotopic (exact) mass is 312 g/mol. The van der Waals surface area contributed by atoms with Gasteiger partial charge in [-0.1, -0.05) is 20.8 Å². The van der Waals surface area contributed by atoms with E-state index in [9.17, 15) is 0 Å². The molecule has 2 aliphatic rings. The summed E-state index contributed by atoms with van der Waals surface area (Å²) in [5.74, 6) is 4.62. The number of rotatable bonds is 4. The first-order chi connectivity index (χ1) is 10.1. The number of likely N-dealkylation sites (tertiary alicyclic amines) is 1. The van der Waals surface area contributed by atoms with Gasteiger partial charge in [0.05, 0.1) is 6.54 Å². The third kappa shape index (κ3) is 5.06. The van der Waals surface area contributed by atoms with Crippen molar-refractivity contribution in [2.24, 2.45) is 22.6 Å². The van der Waals surface area contributed by atoms with Crippen LogP contribution in [0.15, 0.2) is 4.99 Å². The molecule has 2 heterocycles. The van der Waals surface area contributed by atoms with Crippen molar-refractivity contribution in [3.8, 4) is 0 Å². The molecule has 0 aromatic rings. The lowest BCUT2D eigenvalue weighted by Crippen LogP contribution is -2.47. The second kappa shape index (κ2) is 8.28. The van der Waals surface area contributed by atoms with Crippen LogP contribution >= 0.6 is 11.8 Å². The van der Waals surface area contributed by atoms with Crippen molar-refractivity contribution < 1.29 is 0 Å². The van der Waals surface area contributed by atoms with E-state index in [1.165, 1.54) is 37.4 Å². The van der Waals surface area contributed by atoms with E-state index >= 15 is 0 Å². The molecule has 4 nitrogen and oxygen atoms in total. The number of nitrogens with zero attached hydrogens (tertiary/aromatic N) is 3. The van der Waals surface area contributed by atoms with Crippen molar-refractivity contribution in [2.45, 2.75) is 39.7 Å². The van der Waals surface area contributed by atoms with Gasteiger partial charge in [-0.3, -0.25) is 9.89 Å². The lowest BCUT2D eigenvalue weighted by molar-refractivity contribution is 0.113. The van der Waals surface area contributed by atoms with Gasteiger partial charge in [-0.15, -0.1) is 0 Å². The molecule has 2 N–H and O–H groups in total. The van der Waals surface area contributed by atoms with E-state index in [0.29, 0.717) is 12.0 Å². The van der Waals surface area contributed by atoms with Crippen LogP contribution in [0, 0.1) is 11.8 Å². The first kappa shape index (κ1) is 16.9. The fourth-order valence-corrected chi connectivity index (χ4v) is 4.09. The van der Waals surface area contributed by atoms with Crippen LogP contribution in [0.4, 0.5) is 0 Å². The standard InChI is InChI=1S/C16H32N4S/c1-13(2)15(19-6-4-14(3)5-7-19)12-18-16(17)20-8-10-21-11-9-20/h13-15H,4-12H2,1-3H3,(H2,17,18). The normalized spacial score (nSPS) is 24.6. The minimum atomic E-state index is 0.537. The Kier molecular flexibility index (Phi) is 6.68. The molecule has 1 unspecified atom stereocenters. The summed E-state index contributed by atoms with van der Waals surface area (Å²) in [5, 5.41) is 0. The van der Waals surface area contributed by atoms with Crippen LogP contribution in [0.1, 0.15) is 33.6 Å². The van der Waals surface area contributed by atoms with Crippen LogP contribution in [0.25, 0.3) is 0 Å². The molecule has 0 aromatic heterocycles. The highest BCUT2D eigenvalue weighted by Crippen LogP contribution is 2.21. The number of aliphatic imine (C=N–C) groups is 1. The second-order valence-electron chi connectivity index (χ2n) is 6.83. The molecule has 2 saturated heterocycles. The van der Waals surface area contributed by atoms with Gasteiger partial charge in [-0.25, -0.2) is 0 Å². The zero-order valence-corrected chi connectivity index (χ0v) is 14.7. The zero-order chi connectivity index (χ0) is 15.2. The van der Waals surface area contributed by atoms with Crippen molar-refractivity contribution >= 4 is 17.7 Å². The first-order valence-electron chi connectivity index (χ1n) is 8.44. The van der Waals surface area contributed by atoms with Crippen LogP contribution in [0.2, 0.25) is 0 Å². The summed E-state index contributed by atoms with van der Waals surface area (Å²) in [4.78, 5) is 9.61. The van der Waals surface area contributed by atoms with Crippen LogP contribution < -0.4 is 5.73 Å². The largest absolute Gasteiger partial charge is 0.370 e. The number of thioether (sulfide) groups is 1. The molecule has 2 aliphatic heterocycles. The Morgan fingerprint density at radius 2 is 1.81 bits per heavy atom. The molecular formula is C16H32N4S. The highest BCUT2D eigenvalue weighted by molar-refractivity contribution is 7.99. The molecular weight excluding hydrogens is 280 g/mol. The Hall–Kier alpha value is -0.420. The van der Waals surface area contributed by atoms with Crippen molar-refractivity contribution in [1.29, 1.82) is 0 Å². The molecule has 0 amide bonds. The van der Waals surface area contributed by atoms with Crippen LogP contribution in [-0.4, -0.2) is 66.0 Å². The molecule has 0 radical (unpaired) electrons. The van der Waals surface area contributed by atoms with Gasteiger partial charge in [0.2, 0.25) is 0 Å². The predicted octanol–water partition coefficient (Wildman–Crippen LogP) is 2.11. The number of piperidine rings is 1. The van der Waals surface area contributed by atoms with Crippen molar-refractivity contribution in [3.63, 3.8) is 0 Å². The molecule has 122 valence electrons. The van der Waals surface area contributed by atoms with Gasteiger partial charge < -0.3 is 10.6 Å². The van der Waals surface area contributed by atoms with Crippen molar-refractivity contribution in [3.05, 3.63) is 0 Å². The van der Waals surface area contributed by atoms with Gasteiger partial charge in [0, 0.05) is 30.6 Å². The van der Waals surface area contributed by atoms with E-state index < -0.39 is 0 Å². The molecule has 21 heavy (non-hydrogen) atoms. The topological polar surface area (TPSA) is 44.9 Å². The fraction of sp³-hybridized carbons (Fsp3) is 0.938. The number of hydrogen-bond donors (Lipinski definition) is 1. The van der Waals surface area contributed by atoms with E-state index in [1.54, 1.807) is 0 Å². The quantitative estimate of drug-likeness (QED) is 0.638. The molecule has 0 spiro atoms. The molecule has 0 aromatic carbocycles. The van der Waals surface area contributed by atoms with Crippen molar-refractivity contribution in [2.75, 3.05) is 44.2 Å². The van der Waals surface area contributed by atoms with Crippen LogP contribution in [0.5, 0.6) is 0 Å². The summed E-state index contributed by atoms with van der Waals surface area (Å²) in [7, 11) is 0. The van der Waals surface area contributed by atoms with Gasteiger partial charge >= 0.3 is 0 Å². The maximum Gasteiger partial charge on any atom is 0.191 e. The first-order valence-corrected chi connectivity index (χ1v) is 9.60. The molecule has 5 heteroatoms. The maximum absolute atomic E-state index is 6.20. The Bertz CT molecular complexity index is 331. The number of hydrogen-bond acceptors (Lipinski definition) is 3. The van der Waals surface area contributed by atoms with Gasteiger partial charge in [0.25, 0.3) is 0 Å². The Balaban J connectivity index is 1.89. The minimum Gasteiger partial charge on any atom is -0.370 e. The summed E-state index contributed by atoms with van der Waals surface area (Å²) >= 11 is 2.01. The SMILES string of the molecule is CC1CCN(C(CN=C(N)N2CCSCC2)C(C)C)CC1. The Morgan fingerprint density at radius 1 is 1.19 bits per heavy atom. The van der Waals surface area contributed by atoms with E-state index in [0.717, 1.165) is 31.5 Å².